The molecule has 1 fully saturated rings. The van der Waals surface area contributed by atoms with Crippen molar-refractivity contribution in [2.24, 2.45) is 5.92 Å². The zero-order valence-corrected chi connectivity index (χ0v) is 13.4. The summed E-state index contributed by atoms with van der Waals surface area (Å²) in [6, 6.07) is 11.2. The van der Waals surface area contributed by atoms with Gasteiger partial charge in [0, 0.05) is 25.1 Å². The summed E-state index contributed by atoms with van der Waals surface area (Å²) in [6.07, 6.45) is 0. The number of aromatic nitrogens is 2. The van der Waals surface area contributed by atoms with Crippen molar-refractivity contribution < 1.29 is 14.7 Å². The fourth-order valence-corrected chi connectivity index (χ4v) is 3.22. The number of carboxylic acid groups (broad SMARTS) is 1. The van der Waals surface area contributed by atoms with Gasteiger partial charge in [0.05, 0.1) is 11.6 Å². The van der Waals surface area contributed by atoms with Gasteiger partial charge in [0.25, 0.3) is 0 Å². The molecule has 0 radical (unpaired) electrons. The van der Waals surface area contributed by atoms with Gasteiger partial charge in [-0.3, -0.25) is 9.59 Å². The molecule has 0 unspecified atom stereocenters. The maximum atomic E-state index is 12.5. The van der Waals surface area contributed by atoms with Crippen LogP contribution >= 0.6 is 0 Å². The Morgan fingerprint density at radius 2 is 2.00 bits per heavy atom. The summed E-state index contributed by atoms with van der Waals surface area (Å²) in [6.45, 7) is 2.42. The van der Waals surface area contributed by atoms with Crippen LogP contribution in [0.2, 0.25) is 0 Å². The van der Waals surface area contributed by atoms with Gasteiger partial charge in [-0.05, 0) is 12.5 Å². The molecule has 0 spiro atoms. The zero-order chi connectivity index (χ0) is 17.3. The number of rotatable bonds is 4. The first-order valence-corrected chi connectivity index (χ1v) is 7.81. The molecule has 2 atom stereocenters. The summed E-state index contributed by atoms with van der Waals surface area (Å²) < 4.78 is 1.45. The Labute approximate surface area is 139 Å². The number of carbonyl (C=O) groups excluding carboxylic acids is 1. The molecule has 2 heterocycles. The molecule has 1 aromatic carbocycles. The number of aryl methyl sites for hydroxylation is 1. The van der Waals surface area contributed by atoms with Crippen LogP contribution in [0.25, 0.3) is 0 Å². The monoisotopic (exact) mass is 328 g/mol. The van der Waals surface area contributed by atoms with Gasteiger partial charge in [0.15, 0.2) is 0 Å². The summed E-state index contributed by atoms with van der Waals surface area (Å²) in [5.41, 5.74) is 7.50. The highest BCUT2D eigenvalue weighted by atomic mass is 16.4. The summed E-state index contributed by atoms with van der Waals surface area (Å²) in [4.78, 5) is 25.7. The van der Waals surface area contributed by atoms with Crippen molar-refractivity contribution in [3.8, 4) is 0 Å². The lowest BCUT2D eigenvalue weighted by Crippen LogP contribution is -2.33. The van der Waals surface area contributed by atoms with E-state index in [9.17, 15) is 14.7 Å². The van der Waals surface area contributed by atoms with E-state index in [4.69, 9.17) is 5.73 Å². The largest absolute Gasteiger partial charge is 0.481 e. The maximum Gasteiger partial charge on any atom is 0.308 e. The predicted molar refractivity (Wildman–Crippen MR) is 88.3 cm³/mol. The first-order valence-electron chi connectivity index (χ1n) is 7.81. The van der Waals surface area contributed by atoms with Crippen molar-refractivity contribution in [3.63, 3.8) is 0 Å². The second-order valence-corrected chi connectivity index (χ2v) is 6.13. The third-order valence-electron chi connectivity index (χ3n) is 4.44. The summed E-state index contributed by atoms with van der Waals surface area (Å²) in [5, 5.41) is 13.7. The highest BCUT2D eigenvalue weighted by Crippen LogP contribution is 2.33. The molecular weight excluding hydrogens is 308 g/mol. The molecule has 7 nitrogen and oxygen atoms in total. The number of anilines is 1. The van der Waals surface area contributed by atoms with E-state index in [0.717, 1.165) is 11.3 Å². The van der Waals surface area contributed by atoms with Crippen LogP contribution in [0.15, 0.2) is 36.4 Å². The van der Waals surface area contributed by atoms with Gasteiger partial charge in [-0.25, -0.2) is 4.68 Å². The Balaban J connectivity index is 1.76. The average molecular weight is 328 g/mol. The molecule has 7 heteroatoms. The highest BCUT2D eigenvalue weighted by Gasteiger charge is 2.40. The average Bonchev–Trinajstić information content (AvgIpc) is 3.12. The molecule has 126 valence electrons. The second kappa shape index (κ2) is 6.35. The van der Waals surface area contributed by atoms with Crippen LogP contribution in [0.4, 0.5) is 5.82 Å². The maximum absolute atomic E-state index is 12.5. The van der Waals surface area contributed by atoms with Crippen LogP contribution in [0.3, 0.4) is 0 Å². The van der Waals surface area contributed by atoms with Gasteiger partial charge in [0.2, 0.25) is 5.91 Å². The molecule has 1 amide bonds. The first-order chi connectivity index (χ1) is 11.5. The topological polar surface area (TPSA) is 101 Å². The van der Waals surface area contributed by atoms with Crippen LogP contribution < -0.4 is 5.73 Å². The van der Waals surface area contributed by atoms with E-state index in [1.54, 1.807) is 17.9 Å². The first kappa shape index (κ1) is 16.0. The van der Waals surface area contributed by atoms with Crippen molar-refractivity contribution in [2.45, 2.75) is 19.4 Å². The minimum absolute atomic E-state index is 0.0214. The van der Waals surface area contributed by atoms with E-state index < -0.39 is 11.9 Å². The Bertz CT molecular complexity index is 756. The van der Waals surface area contributed by atoms with Crippen molar-refractivity contribution in [1.82, 2.24) is 14.7 Å². The number of amides is 1. The molecule has 1 saturated heterocycles. The fraction of sp³-hybridized carbons (Fsp3) is 0.353. The summed E-state index contributed by atoms with van der Waals surface area (Å²) in [7, 11) is 0. The van der Waals surface area contributed by atoms with Gasteiger partial charge in [-0.2, -0.15) is 5.10 Å². The number of benzene rings is 1. The zero-order valence-electron chi connectivity index (χ0n) is 13.4. The van der Waals surface area contributed by atoms with E-state index in [1.807, 2.05) is 30.3 Å². The van der Waals surface area contributed by atoms with E-state index in [-0.39, 0.29) is 24.9 Å². The molecule has 1 aliphatic heterocycles. The van der Waals surface area contributed by atoms with Crippen molar-refractivity contribution in [1.29, 1.82) is 0 Å². The van der Waals surface area contributed by atoms with Crippen molar-refractivity contribution >= 4 is 17.7 Å². The van der Waals surface area contributed by atoms with Crippen molar-refractivity contribution in [3.05, 3.63) is 47.7 Å². The molecule has 3 rings (SSSR count). The Kier molecular flexibility index (Phi) is 4.24. The lowest BCUT2D eigenvalue weighted by molar-refractivity contribution is -0.141. The fourth-order valence-electron chi connectivity index (χ4n) is 3.22. The number of nitrogens with zero attached hydrogens (tertiary/aromatic N) is 3. The van der Waals surface area contributed by atoms with Gasteiger partial charge in [0.1, 0.15) is 12.4 Å². The van der Waals surface area contributed by atoms with Crippen LogP contribution in [0.1, 0.15) is 17.2 Å². The minimum Gasteiger partial charge on any atom is -0.481 e. The third-order valence-corrected chi connectivity index (χ3v) is 4.44. The lowest BCUT2D eigenvalue weighted by atomic mass is 9.89. The number of aliphatic carboxylic acids is 1. The van der Waals surface area contributed by atoms with Crippen molar-refractivity contribution in [2.75, 3.05) is 18.8 Å². The van der Waals surface area contributed by atoms with E-state index in [0.29, 0.717) is 12.4 Å². The van der Waals surface area contributed by atoms with Crippen LogP contribution in [-0.4, -0.2) is 44.8 Å². The second-order valence-electron chi connectivity index (χ2n) is 6.13. The summed E-state index contributed by atoms with van der Waals surface area (Å²) >= 11 is 0. The third kappa shape index (κ3) is 3.10. The number of nitrogens with two attached hydrogens (primary N) is 1. The van der Waals surface area contributed by atoms with E-state index in [1.165, 1.54) is 4.68 Å². The smallest absolute Gasteiger partial charge is 0.308 e. The quantitative estimate of drug-likeness (QED) is 0.875. The van der Waals surface area contributed by atoms with Crippen LogP contribution in [0, 0.1) is 12.8 Å². The van der Waals surface area contributed by atoms with Gasteiger partial charge >= 0.3 is 5.97 Å². The number of hydrogen-bond acceptors (Lipinski definition) is 4. The van der Waals surface area contributed by atoms with E-state index in [2.05, 4.69) is 5.10 Å². The minimum atomic E-state index is -0.881. The standard InChI is InChI=1S/C17H20N4O3/c1-11-7-15(18)21(19-11)10-16(22)20-8-13(14(9-20)17(23)24)12-5-3-2-4-6-12/h2-7,13-14H,8-10,18H2,1H3,(H,23,24)/t13-,14+/m0/s1. The number of nitrogen functional groups attached to an aromatic ring is 1. The lowest BCUT2D eigenvalue weighted by Gasteiger charge is -2.17. The molecular formula is C17H20N4O3. The number of carbonyl (C=O) groups is 2. The number of hydrogen-bond donors (Lipinski definition) is 2. The normalized spacial score (nSPS) is 20.3. The molecule has 0 aliphatic carbocycles. The SMILES string of the molecule is Cc1cc(N)n(CC(=O)N2C[C@@H](C(=O)O)[C@H](c3ccccc3)C2)n1. The molecule has 0 bridgehead atoms. The predicted octanol–water partition coefficient (Wildman–Crippen LogP) is 1.10. The number of carboxylic acids is 1. The Hall–Kier alpha value is -2.83. The van der Waals surface area contributed by atoms with Gasteiger partial charge in [-0.1, -0.05) is 30.3 Å². The Morgan fingerprint density at radius 3 is 2.58 bits per heavy atom. The highest BCUT2D eigenvalue weighted by molar-refractivity contribution is 5.79. The molecule has 1 aromatic heterocycles. The molecule has 3 N–H and O–H groups in total. The Morgan fingerprint density at radius 1 is 1.29 bits per heavy atom. The van der Waals surface area contributed by atoms with E-state index >= 15 is 0 Å². The number of likely N-dealkylation sites (tertiary alicyclic amines) is 1. The van der Waals surface area contributed by atoms with Gasteiger partial charge < -0.3 is 15.7 Å². The molecule has 0 saturated carbocycles. The van der Waals surface area contributed by atoms with Gasteiger partial charge in [-0.15, -0.1) is 0 Å². The molecule has 1 aliphatic rings. The van der Waals surface area contributed by atoms with Crippen LogP contribution in [0.5, 0.6) is 0 Å². The molecule has 2 aromatic rings. The summed E-state index contributed by atoms with van der Waals surface area (Å²) in [5.74, 6) is -1.44. The molecule has 24 heavy (non-hydrogen) atoms. The van der Waals surface area contributed by atoms with Crippen LogP contribution in [-0.2, 0) is 16.1 Å².